The molecule has 2 aromatic rings. The molecule has 98 valence electrons. The lowest BCUT2D eigenvalue weighted by Crippen LogP contribution is -2.24. The highest BCUT2D eigenvalue weighted by Crippen LogP contribution is 2.24. The van der Waals surface area contributed by atoms with Gasteiger partial charge in [0, 0.05) is 42.8 Å². The molecule has 1 fully saturated rings. The molecule has 1 aliphatic heterocycles. The maximum absolute atomic E-state index is 11.8. The molecule has 0 radical (unpaired) electrons. The van der Waals surface area contributed by atoms with Gasteiger partial charge < -0.3 is 9.47 Å². The van der Waals surface area contributed by atoms with E-state index in [1.165, 1.54) is 5.56 Å². The van der Waals surface area contributed by atoms with Gasteiger partial charge in [0.1, 0.15) is 0 Å². The molecule has 0 N–H and O–H groups in total. The molecule has 1 amide bonds. The minimum Gasteiger partial charge on any atom is -0.333 e. The molecule has 4 nitrogen and oxygen atoms in total. The second-order valence-corrected chi connectivity index (χ2v) is 5.49. The van der Waals surface area contributed by atoms with E-state index in [0.717, 1.165) is 12.2 Å². The number of imidazole rings is 1. The quantitative estimate of drug-likeness (QED) is 0.868. The van der Waals surface area contributed by atoms with E-state index in [0.29, 0.717) is 13.0 Å². The lowest BCUT2D eigenvalue weighted by molar-refractivity contribution is -0.117. The van der Waals surface area contributed by atoms with Gasteiger partial charge >= 0.3 is 0 Å². The molecule has 5 heteroatoms. The monoisotopic (exact) mass is 273 g/mol. The summed E-state index contributed by atoms with van der Waals surface area (Å²) < 4.78 is 2.01. The van der Waals surface area contributed by atoms with Crippen molar-refractivity contribution >= 4 is 24.2 Å². The van der Waals surface area contributed by atoms with Crippen molar-refractivity contribution in [2.24, 2.45) is 0 Å². The minimum absolute atomic E-state index is 0.151. The number of rotatable bonds is 3. The van der Waals surface area contributed by atoms with E-state index < -0.39 is 0 Å². The van der Waals surface area contributed by atoms with Gasteiger partial charge in [-0.3, -0.25) is 4.79 Å². The van der Waals surface area contributed by atoms with Crippen molar-refractivity contribution in [2.45, 2.75) is 18.2 Å². The second-order valence-electron chi connectivity index (χ2n) is 4.76. The van der Waals surface area contributed by atoms with Crippen LogP contribution in [0.25, 0.3) is 0 Å². The summed E-state index contributed by atoms with van der Waals surface area (Å²) >= 11 is 4.37. The maximum atomic E-state index is 11.8. The average molecular weight is 273 g/mol. The van der Waals surface area contributed by atoms with E-state index in [4.69, 9.17) is 0 Å². The average Bonchev–Trinajstić information content (AvgIpc) is 3.00. The highest BCUT2D eigenvalue weighted by Gasteiger charge is 2.27. The third-order valence-electron chi connectivity index (χ3n) is 3.28. The van der Waals surface area contributed by atoms with E-state index >= 15 is 0 Å². The fourth-order valence-electron chi connectivity index (χ4n) is 2.31. The van der Waals surface area contributed by atoms with Crippen LogP contribution in [0.3, 0.4) is 0 Å². The number of aromatic nitrogens is 2. The Morgan fingerprint density at radius 2 is 2.11 bits per heavy atom. The molecular formula is C14H15N3OS. The standard InChI is InChI=1S/C14H15N3OS/c18-14-7-13(19)9-17(14)12-3-1-11(2-4-12)8-16-6-5-15-10-16/h1-6,10,13,19H,7-9H2. The van der Waals surface area contributed by atoms with Crippen LogP contribution in [0.4, 0.5) is 5.69 Å². The van der Waals surface area contributed by atoms with E-state index in [-0.39, 0.29) is 11.2 Å². The third-order valence-corrected chi connectivity index (χ3v) is 3.62. The number of carbonyl (C=O) groups is 1. The molecule has 0 aliphatic carbocycles. The molecular weight excluding hydrogens is 258 g/mol. The van der Waals surface area contributed by atoms with E-state index in [1.807, 2.05) is 22.9 Å². The van der Waals surface area contributed by atoms with Crippen molar-refractivity contribution in [2.75, 3.05) is 11.4 Å². The molecule has 1 aromatic carbocycles. The van der Waals surface area contributed by atoms with Crippen LogP contribution in [0, 0.1) is 0 Å². The Morgan fingerprint density at radius 1 is 1.32 bits per heavy atom. The fraction of sp³-hybridized carbons (Fsp3) is 0.286. The van der Waals surface area contributed by atoms with Gasteiger partial charge in [0.15, 0.2) is 0 Å². The van der Waals surface area contributed by atoms with Crippen LogP contribution < -0.4 is 4.90 Å². The van der Waals surface area contributed by atoms with Crippen molar-refractivity contribution < 1.29 is 4.79 Å². The van der Waals surface area contributed by atoms with E-state index in [2.05, 4.69) is 29.7 Å². The Balaban J connectivity index is 1.74. The summed E-state index contributed by atoms with van der Waals surface area (Å²) in [5.74, 6) is 0.155. The van der Waals surface area contributed by atoms with Crippen LogP contribution in [-0.2, 0) is 11.3 Å². The summed E-state index contributed by atoms with van der Waals surface area (Å²) in [6.07, 6.45) is 6.02. The first-order valence-electron chi connectivity index (χ1n) is 6.25. The van der Waals surface area contributed by atoms with Crippen molar-refractivity contribution in [3.63, 3.8) is 0 Å². The van der Waals surface area contributed by atoms with Gasteiger partial charge in [0.25, 0.3) is 0 Å². The summed E-state index contributed by atoms with van der Waals surface area (Å²) in [6.45, 7) is 1.49. The predicted octanol–water partition coefficient (Wildman–Crippen LogP) is 1.97. The predicted molar refractivity (Wildman–Crippen MR) is 77.5 cm³/mol. The Morgan fingerprint density at radius 3 is 2.68 bits per heavy atom. The largest absolute Gasteiger partial charge is 0.333 e. The molecule has 3 rings (SSSR count). The van der Waals surface area contributed by atoms with Crippen molar-refractivity contribution in [1.29, 1.82) is 0 Å². The minimum atomic E-state index is 0.151. The molecule has 1 atom stereocenters. The van der Waals surface area contributed by atoms with Gasteiger partial charge in [-0.2, -0.15) is 12.6 Å². The normalized spacial score (nSPS) is 19.1. The topological polar surface area (TPSA) is 38.1 Å². The lowest BCUT2D eigenvalue weighted by Gasteiger charge is -2.16. The maximum Gasteiger partial charge on any atom is 0.228 e. The molecule has 2 heterocycles. The molecule has 0 spiro atoms. The van der Waals surface area contributed by atoms with Crippen LogP contribution >= 0.6 is 12.6 Å². The number of benzene rings is 1. The van der Waals surface area contributed by atoms with Crippen LogP contribution in [0.5, 0.6) is 0 Å². The summed E-state index contributed by atoms with van der Waals surface area (Å²) in [4.78, 5) is 17.6. The molecule has 1 unspecified atom stereocenters. The Hall–Kier alpha value is -1.75. The van der Waals surface area contributed by atoms with E-state index in [1.54, 1.807) is 17.4 Å². The van der Waals surface area contributed by atoms with Crippen molar-refractivity contribution in [3.05, 3.63) is 48.5 Å². The van der Waals surface area contributed by atoms with Crippen LogP contribution in [0.1, 0.15) is 12.0 Å². The first-order chi connectivity index (χ1) is 9.22. The molecule has 0 saturated carbocycles. The number of thiol groups is 1. The third kappa shape index (κ3) is 2.66. The van der Waals surface area contributed by atoms with Crippen molar-refractivity contribution in [1.82, 2.24) is 9.55 Å². The molecule has 19 heavy (non-hydrogen) atoms. The lowest BCUT2D eigenvalue weighted by atomic mass is 10.2. The first kappa shape index (κ1) is 12.3. The molecule has 1 aromatic heterocycles. The zero-order chi connectivity index (χ0) is 13.2. The second kappa shape index (κ2) is 5.09. The Kier molecular flexibility index (Phi) is 3.29. The van der Waals surface area contributed by atoms with Crippen molar-refractivity contribution in [3.8, 4) is 0 Å². The van der Waals surface area contributed by atoms with Gasteiger partial charge in [-0.15, -0.1) is 0 Å². The number of amides is 1. The summed E-state index contributed by atoms with van der Waals surface area (Å²) in [5.41, 5.74) is 2.15. The van der Waals surface area contributed by atoms with Gasteiger partial charge in [0.05, 0.1) is 6.33 Å². The highest BCUT2D eigenvalue weighted by molar-refractivity contribution is 7.81. The molecule has 1 saturated heterocycles. The van der Waals surface area contributed by atoms with E-state index in [9.17, 15) is 4.79 Å². The Labute approximate surface area is 117 Å². The molecule has 1 aliphatic rings. The fourth-order valence-corrected chi connectivity index (χ4v) is 2.63. The number of anilines is 1. The Bertz CT molecular complexity index is 565. The van der Waals surface area contributed by atoms with Gasteiger partial charge in [-0.25, -0.2) is 4.98 Å². The van der Waals surface area contributed by atoms with Gasteiger partial charge in [-0.05, 0) is 17.7 Å². The number of hydrogen-bond acceptors (Lipinski definition) is 3. The summed E-state index contributed by atoms with van der Waals surface area (Å²) in [7, 11) is 0. The SMILES string of the molecule is O=C1CC(S)CN1c1ccc(Cn2ccnc2)cc1. The summed E-state index contributed by atoms with van der Waals surface area (Å²) in [6, 6.07) is 8.09. The van der Waals surface area contributed by atoms with Gasteiger partial charge in [0.2, 0.25) is 5.91 Å². The molecule has 0 bridgehead atoms. The zero-order valence-electron chi connectivity index (χ0n) is 10.4. The number of nitrogens with zero attached hydrogens (tertiary/aromatic N) is 3. The van der Waals surface area contributed by atoms with Crippen LogP contribution in [-0.4, -0.2) is 27.3 Å². The summed E-state index contributed by atoms with van der Waals surface area (Å²) in [5, 5.41) is 0.151. The highest BCUT2D eigenvalue weighted by atomic mass is 32.1. The van der Waals surface area contributed by atoms with Gasteiger partial charge in [-0.1, -0.05) is 12.1 Å². The smallest absolute Gasteiger partial charge is 0.228 e. The zero-order valence-corrected chi connectivity index (χ0v) is 11.3. The van der Waals surface area contributed by atoms with Crippen LogP contribution in [0.15, 0.2) is 43.0 Å². The first-order valence-corrected chi connectivity index (χ1v) is 6.77. The number of carbonyl (C=O) groups excluding carboxylic acids is 1. The van der Waals surface area contributed by atoms with Crippen LogP contribution in [0.2, 0.25) is 0 Å². The number of hydrogen-bond donors (Lipinski definition) is 1.